The van der Waals surface area contributed by atoms with Crippen LogP contribution in [-0.2, 0) is 5.72 Å². The molecule has 2 atom stereocenters. The smallest absolute Gasteiger partial charge is 0.175 e. The van der Waals surface area contributed by atoms with Crippen LogP contribution in [-0.4, -0.2) is 29.4 Å². The summed E-state index contributed by atoms with van der Waals surface area (Å²) in [5.74, 6) is 0. The minimum absolute atomic E-state index is 0.0323. The Kier molecular flexibility index (Phi) is 2.57. The van der Waals surface area contributed by atoms with Gasteiger partial charge in [0.2, 0.25) is 0 Å². The van der Waals surface area contributed by atoms with E-state index >= 15 is 0 Å². The van der Waals surface area contributed by atoms with Gasteiger partial charge in [0.25, 0.3) is 0 Å². The van der Waals surface area contributed by atoms with E-state index in [9.17, 15) is 5.11 Å². The van der Waals surface area contributed by atoms with Gasteiger partial charge in [-0.3, -0.25) is 5.32 Å². The Morgan fingerprint density at radius 2 is 1.80 bits per heavy atom. The lowest BCUT2D eigenvalue weighted by atomic mass is 9.90. The van der Waals surface area contributed by atoms with E-state index in [1.165, 1.54) is 0 Å². The molecule has 0 aromatic heterocycles. The molecule has 4 nitrogen and oxygen atoms in total. The zero-order valence-corrected chi connectivity index (χ0v) is 11.1. The molecule has 0 amide bonds. The van der Waals surface area contributed by atoms with Gasteiger partial charge in [-0.15, -0.1) is 0 Å². The van der Waals surface area contributed by atoms with Crippen molar-refractivity contribution in [1.29, 1.82) is 0 Å². The lowest BCUT2D eigenvalue weighted by Gasteiger charge is -2.46. The zero-order chi connectivity index (χ0) is 13.6. The molecule has 1 fully saturated rings. The van der Waals surface area contributed by atoms with Crippen molar-refractivity contribution in [2.24, 2.45) is 0 Å². The molecule has 2 aromatic carbocycles. The van der Waals surface area contributed by atoms with Crippen LogP contribution in [0, 0.1) is 0 Å². The van der Waals surface area contributed by atoms with Crippen molar-refractivity contribution in [3.8, 4) is 0 Å². The molecule has 0 bridgehead atoms. The molecule has 1 saturated heterocycles. The summed E-state index contributed by atoms with van der Waals surface area (Å²) >= 11 is 0. The van der Waals surface area contributed by atoms with Gasteiger partial charge in [0.1, 0.15) is 6.29 Å². The van der Waals surface area contributed by atoms with Crippen LogP contribution >= 0.6 is 0 Å². The van der Waals surface area contributed by atoms with Crippen LogP contribution < -0.4 is 10.6 Å². The molecule has 2 aromatic rings. The molecule has 2 heterocycles. The first-order valence-corrected chi connectivity index (χ1v) is 6.94. The summed E-state index contributed by atoms with van der Waals surface area (Å²) in [6.07, 6.45) is -0.0323. The average Bonchev–Trinajstić information content (AvgIpc) is 2.97. The van der Waals surface area contributed by atoms with Gasteiger partial charge in [0.05, 0.1) is 0 Å². The predicted molar refractivity (Wildman–Crippen MR) is 78.0 cm³/mol. The molecule has 0 aliphatic carbocycles. The first-order chi connectivity index (χ1) is 9.80. The molecule has 102 valence electrons. The molecule has 4 rings (SSSR count). The Morgan fingerprint density at radius 3 is 2.65 bits per heavy atom. The maximum absolute atomic E-state index is 11.5. The molecule has 0 spiro atoms. The van der Waals surface area contributed by atoms with E-state index < -0.39 is 5.72 Å². The number of anilines is 1. The van der Waals surface area contributed by atoms with E-state index in [4.69, 9.17) is 0 Å². The van der Waals surface area contributed by atoms with Crippen LogP contribution in [0.4, 0.5) is 5.69 Å². The summed E-state index contributed by atoms with van der Waals surface area (Å²) < 4.78 is 0. The van der Waals surface area contributed by atoms with Gasteiger partial charge >= 0.3 is 0 Å². The van der Waals surface area contributed by atoms with Crippen molar-refractivity contribution in [3.63, 3.8) is 0 Å². The van der Waals surface area contributed by atoms with Crippen LogP contribution in [0.25, 0.3) is 0 Å². The van der Waals surface area contributed by atoms with E-state index in [-0.39, 0.29) is 6.29 Å². The van der Waals surface area contributed by atoms with Gasteiger partial charge in [-0.2, -0.15) is 0 Å². The highest BCUT2D eigenvalue weighted by Gasteiger charge is 2.48. The molecule has 3 N–H and O–H groups in total. The maximum atomic E-state index is 11.5. The van der Waals surface area contributed by atoms with Crippen LogP contribution in [0.15, 0.2) is 54.6 Å². The topological polar surface area (TPSA) is 47.5 Å². The van der Waals surface area contributed by atoms with Crippen molar-refractivity contribution in [2.45, 2.75) is 12.0 Å². The van der Waals surface area contributed by atoms with Crippen LogP contribution in [0.1, 0.15) is 11.1 Å². The number of hydrogen-bond acceptors (Lipinski definition) is 4. The number of nitrogens with one attached hydrogen (secondary N) is 2. The first kappa shape index (κ1) is 11.9. The lowest BCUT2D eigenvalue weighted by molar-refractivity contribution is -0.0902. The van der Waals surface area contributed by atoms with Crippen LogP contribution in [0.5, 0.6) is 0 Å². The maximum Gasteiger partial charge on any atom is 0.175 e. The van der Waals surface area contributed by atoms with Gasteiger partial charge in [-0.1, -0.05) is 48.5 Å². The summed E-state index contributed by atoms with van der Waals surface area (Å²) in [4.78, 5) is 2.07. The van der Waals surface area contributed by atoms with Gasteiger partial charge in [0.15, 0.2) is 5.72 Å². The Bertz CT molecular complexity index is 631. The number of nitrogens with zero attached hydrogens (tertiary/aromatic N) is 1. The number of rotatable bonds is 1. The van der Waals surface area contributed by atoms with E-state index in [2.05, 4.69) is 15.5 Å². The largest absolute Gasteiger partial charge is 0.367 e. The lowest BCUT2D eigenvalue weighted by Crippen LogP contribution is -2.58. The van der Waals surface area contributed by atoms with E-state index in [1.54, 1.807) is 0 Å². The monoisotopic (exact) mass is 267 g/mol. The number of para-hydroxylation sites is 1. The van der Waals surface area contributed by atoms with Gasteiger partial charge in [0, 0.05) is 29.9 Å². The van der Waals surface area contributed by atoms with E-state index in [1.807, 2.05) is 54.6 Å². The van der Waals surface area contributed by atoms with Gasteiger partial charge < -0.3 is 10.4 Å². The third-order valence-corrected chi connectivity index (χ3v) is 4.19. The zero-order valence-electron chi connectivity index (χ0n) is 11.1. The molecule has 20 heavy (non-hydrogen) atoms. The fourth-order valence-corrected chi connectivity index (χ4v) is 3.25. The molecule has 0 radical (unpaired) electrons. The summed E-state index contributed by atoms with van der Waals surface area (Å²) in [6, 6.07) is 17.8. The quantitative estimate of drug-likeness (QED) is 0.733. The summed E-state index contributed by atoms with van der Waals surface area (Å²) in [6.45, 7) is 1.66. The van der Waals surface area contributed by atoms with Crippen molar-refractivity contribution in [3.05, 3.63) is 65.7 Å². The molecule has 0 saturated carbocycles. The standard InChI is InChI=1S/C16H17N3O/c20-16(12-6-2-1-3-7-12)13-8-4-5-9-14(13)18-15-17-10-11-19(15)16/h1-9,15,17-18,20H,10-11H2/t15-,16-/m0/s1. The molecule has 0 unspecified atom stereocenters. The second-order valence-electron chi connectivity index (χ2n) is 5.28. The average molecular weight is 267 g/mol. The highest BCUT2D eigenvalue weighted by atomic mass is 16.3. The van der Waals surface area contributed by atoms with E-state index in [0.717, 1.165) is 29.9 Å². The molecular weight excluding hydrogens is 250 g/mol. The number of aliphatic hydroxyl groups is 1. The van der Waals surface area contributed by atoms with Crippen molar-refractivity contribution in [2.75, 3.05) is 18.4 Å². The SMILES string of the molecule is O[C@@]1(c2ccccc2)c2ccccc2N[C@@H]2NCCN21. The Morgan fingerprint density at radius 1 is 1.05 bits per heavy atom. The van der Waals surface area contributed by atoms with E-state index in [0.29, 0.717) is 0 Å². The molecule has 2 aliphatic rings. The molecular formula is C16H17N3O. The van der Waals surface area contributed by atoms with Crippen LogP contribution in [0.3, 0.4) is 0 Å². The Balaban J connectivity index is 1.95. The second-order valence-corrected chi connectivity index (χ2v) is 5.28. The number of benzene rings is 2. The first-order valence-electron chi connectivity index (χ1n) is 6.94. The highest BCUT2D eigenvalue weighted by molar-refractivity contribution is 5.59. The highest BCUT2D eigenvalue weighted by Crippen LogP contribution is 2.42. The Labute approximate surface area is 118 Å². The third kappa shape index (κ3) is 1.53. The fourth-order valence-electron chi connectivity index (χ4n) is 3.25. The molecule has 2 aliphatic heterocycles. The molecule has 4 heteroatoms. The normalized spacial score (nSPS) is 28.6. The minimum Gasteiger partial charge on any atom is -0.367 e. The van der Waals surface area contributed by atoms with Crippen molar-refractivity contribution < 1.29 is 5.11 Å². The Hall–Kier alpha value is -1.88. The van der Waals surface area contributed by atoms with Gasteiger partial charge in [-0.05, 0) is 6.07 Å². The van der Waals surface area contributed by atoms with Crippen LogP contribution in [0.2, 0.25) is 0 Å². The van der Waals surface area contributed by atoms with Crippen molar-refractivity contribution >= 4 is 5.69 Å². The van der Waals surface area contributed by atoms with Gasteiger partial charge in [-0.25, -0.2) is 4.90 Å². The number of hydrogen-bond donors (Lipinski definition) is 3. The number of fused-ring (bicyclic) bond motifs is 2. The third-order valence-electron chi connectivity index (χ3n) is 4.19. The fraction of sp³-hybridized carbons (Fsp3) is 0.250. The summed E-state index contributed by atoms with van der Waals surface area (Å²) in [7, 11) is 0. The minimum atomic E-state index is -1.09. The second kappa shape index (κ2) is 4.31. The predicted octanol–water partition coefficient (Wildman–Crippen LogP) is 1.49. The summed E-state index contributed by atoms with van der Waals surface area (Å²) in [5.41, 5.74) is 1.71. The van der Waals surface area contributed by atoms with Crippen molar-refractivity contribution in [1.82, 2.24) is 10.2 Å². The summed E-state index contributed by atoms with van der Waals surface area (Å²) in [5, 5.41) is 18.3.